The highest BCUT2D eigenvalue weighted by atomic mass is 16.1. The zero-order valence-corrected chi connectivity index (χ0v) is 10.1. The number of hydrogen-bond acceptors (Lipinski definition) is 3. The zero-order valence-electron chi connectivity index (χ0n) is 10.1. The molecule has 0 bridgehead atoms. The van der Waals surface area contributed by atoms with Crippen LogP contribution in [0.2, 0.25) is 0 Å². The van der Waals surface area contributed by atoms with E-state index in [1.807, 2.05) is 18.2 Å². The first-order valence-electron chi connectivity index (χ1n) is 6.04. The molecule has 0 saturated carbocycles. The largest absolute Gasteiger partial charge is 0.366 e. The predicted molar refractivity (Wildman–Crippen MR) is 67.7 cm³/mol. The Bertz CT molecular complexity index is 401. The van der Waals surface area contributed by atoms with Crippen molar-refractivity contribution in [3.05, 3.63) is 35.4 Å². The van der Waals surface area contributed by atoms with E-state index in [4.69, 9.17) is 5.73 Å². The third-order valence-electron chi connectivity index (χ3n) is 3.28. The maximum Gasteiger partial charge on any atom is 0.248 e. The van der Waals surface area contributed by atoms with Crippen LogP contribution in [0.1, 0.15) is 22.8 Å². The van der Waals surface area contributed by atoms with Crippen LogP contribution >= 0.6 is 0 Å². The van der Waals surface area contributed by atoms with Crippen LogP contribution in [0, 0.1) is 0 Å². The molecular formula is C13H19N3O. The van der Waals surface area contributed by atoms with Crippen molar-refractivity contribution < 1.29 is 4.79 Å². The predicted octanol–water partition coefficient (Wildman–Crippen LogP) is 0.579. The molecule has 17 heavy (non-hydrogen) atoms. The van der Waals surface area contributed by atoms with E-state index in [0.29, 0.717) is 11.6 Å². The summed E-state index contributed by atoms with van der Waals surface area (Å²) in [5.74, 6) is -0.361. The van der Waals surface area contributed by atoms with Crippen LogP contribution in [0.15, 0.2) is 24.3 Å². The second kappa shape index (κ2) is 5.29. The standard InChI is InChI=1S/C13H19N3O/c1-2-16(12-7-15-8-12)9-10-4-3-5-11(6-10)13(14)17/h3-6,12,15H,2,7-9H2,1H3,(H2,14,17). The monoisotopic (exact) mass is 233 g/mol. The van der Waals surface area contributed by atoms with Crippen molar-refractivity contribution in [1.29, 1.82) is 0 Å². The molecule has 1 aromatic carbocycles. The van der Waals surface area contributed by atoms with Crippen molar-refractivity contribution in [2.24, 2.45) is 5.73 Å². The van der Waals surface area contributed by atoms with Crippen molar-refractivity contribution in [2.45, 2.75) is 19.5 Å². The first kappa shape index (κ1) is 12.1. The number of rotatable bonds is 5. The number of hydrogen-bond donors (Lipinski definition) is 2. The first-order valence-corrected chi connectivity index (χ1v) is 6.04. The Hall–Kier alpha value is -1.39. The molecule has 0 unspecified atom stereocenters. The van der Waals surface area contributed by atoms with Gasteiger partial charge in [0.2, 0.25) is 5.91 Å². The van der Waals surface area contributed by atoms with Crippen LogP contribution in [0.25, 0.3) is 0 Å². The second-order valence-electron chi connectivity index (χ2n) is 4.44. The van der Waals surface area contributed by atoms with Gasteiger partial charge in [-0.2, -0.15) is 0 Å². The van der Waals surface area contributed by atoms with Crippen LogP contribution in [-0.4, -0.2) is 36.5 Å². The van der Waals surface area contributed by atoms with Crippen molar-refractivity contribution in [3.63, 3.8) is 0 Å². The maximum atomic E-state index is 11.1. The maximum absolute atomic E-state index is 11.1. The molecule has 4 nitrogen and oxygen atoms in total. The molecule has 3 N–H and O–H groups in total. The third kappa shape index (κ3) is 2.84. The summed E-state index contributed by atoms with van der Waals surface area (Å²) in [4.78, 5) is 13.5. The number of nitrogens with one attached hydrogen (secondary N) is 1. The molecule has 4 heteroatoms. The quantitative estimate of drug-likeness (QED) is 0.782. The summed E-state index contributed by atoms with van der Waals surface area (Å²) in [6.45, 7) is 6.18. The van der Waals surface area contributed by atoms with Crippen LogP contribution in [0.5, 0.6) is 0 Å². The highest BCUT2D eigenvalue weighted by molar-refractivity contribution is 5.92. The minimum Gasteiger partial charge on any atom is -0.366 e. The normalized spacial score (nSPS) is 15.9. The Morgan fingerprint density at radius 1 is 1.53 bits per heavy atom. The smallest absolute Gasteiger partial charge is 0.248 e. The molecular weight excluding hydrogens is 214 g/mol. The Labute approximate surface area is 102 Å². The van der Waals surface area contributed by atoms with Gasteiger partial charge in [-0.05, 0) is 24.2 Å². The van der Waals surface area contributed by atoms with Gasteiger partial charge in [-0.3, -0.25) is 9.69 Å². The Kier molecular flexibility index (Phi) is 3.76. The lowest BCUT2D eigenvalue weighted by atomic mass is 10.1. The van der Waals surface area contributed by atoms with Crippen LogP contribution in [0.4, 0.5) is 0 Å². The van der Waals surface area contributed by atoms with Gasteiger partial charge in [0.15, 0.2) is 0 Å². The lowest BCUT2D eigenvalue weighted by Gasteiger charge is -2.37. The van der Waals surface area contributed by atoms with E-state index < -0.39 is 0 Å². The second-order valence-corrected chi connectivity index (χ2v) is 4.44. The number of primary amides is 1. The van der Waals surface area contributed by atoms with Gasteiger partial charge < -0.3 is 11.1 Å². The Morgan fingerprint density at radius 3 is 2.82 bits per heavy atom. The SMILES string of the molecule is CCN(Cc1cccc(C(N)=O)c1)C1CNC1. The van der Waals surface area contributed by atoms with Gasteiger partial charge in [0, 0.05) is 31.2 Å². The fourth-order valence-corrected chi connectivity index (χ4v) is 2.09. The molecule has 0 aliphatic carbocycles. The van der Waals surface area contributed by atoms with E-state index in [9.17, 15) is 4.79 Å². The molecule has 2 rings (SSSR count). The average molecular weight is 233 g/mol. The molecule has 92 valence electrons. The number of carbonyl (C=O) groups is 1. The molecule has 0 atom stereocenters. The van der Waals surface area contributed by atoms with E-state index >= 15 is 0 Å². The van der Waals surface area contributed by atoms with Gasteiger partial charge in [0.1, 0.15) is 0 Å². The molecule has 1 amide bonds. The average Bonchev–Trinajstić information content (AvgIpc) is 2.26. The Morgan fingerprint density at radius 2 is 2.29 bits per heavy atom. The van der Waals surface area contributed by atoms with Gasteiger partial charge >= 0.3 is 0 Å². The van der Waals surface area contributed by atoms with Gasteiger partial charge in [-0.1, -0.05) is 19.1 Å². The molecule has 1 heterocycles. The van der Waals surface area contributed by atoms with Crippen molar-refractivity contribution in [2.75, 3.05) is 19.6 Å². The number of likely N-dealkylation sites (N-methyl/N-ethyl adjacent to an activating group) is 1. The van der Waals surface area contributed by atoms with Gasteiger partial charge in [-0.15, -0.1) is 0 Å². The van der Waals surface area contributed by atoms with Crippen LogP contribution in [-0.2, 0) is 6.54 Å². The minimum atomic E-state index is -0.361. The number of amides is 1. The molecule has 1 aromatic rings. The number of nitrogens with two attached hydrogens (primary N) is 1. The van der Waals surface area contributed by atoms with Gasteiger partial charge in [0.25, 0.3) is 0 Å². The summed E-state index contributed by atoms with van der Waals surface area (Å²) in [6, 6.07) is 8.20. The van der Waals surface area contributed by atoms with Crippen molar-refractivity contribution in [1.82, 2.24) is 10.2 Å². The summed E-state index contributed by atoms with van der Waals surface area (Å²) >= 11 is 0. The molecule has 1 fully saturated rings. The summed E-state index contributed by atoms with van der Waals surface area (Å²) in [7, 11) is 0. The fourth-order valence-electron chi connectivity index (χ4n) is 2.09. The lowest BCUT2D eigenvalue weighted by molar-refractivity contribution is 0.1000. The molecule has 1 aliphatic heterocycles. The number of carbonyl (C=O) groups excluding carboxylic acids is 1. The molecule has 1 saturated heterocycles. The van der Waals surface area contributed by atoms with Crippen molar-refractivity contribution >= 4 is 5.91 Å². The molecule has 1 aliphatic rings. The summed E-state index contributed by atoms with van der Waals surface area (Å²) in [5, 5.41) is 3.28. The van der Waals surface area contributed by atoms with E-state index in [1.54, 1.807) is 6.07 Å². The van der Waals surface area contributed by atoms with E-state index in [1.165, 1.54) is 0 Å². The van der Waals surface area contributed by atoms with Crippen LogP contribution < -0.4 is 11.1 Å². The minimum absolute atomic E-state index is 0.361. The molecule has 0 aromatic heterocycles. The van der Waals surface area contributed by atoms with E-state index in [-0.39, 0.29) is 5.91 Å². The lowest BCUT2D eigenvalue weighted by Crippen LogP contribution is -2.56. The summed E-state index contributed by atoms with van der Waals surface area (Å²) in [5.41, 5.74) is 7.02. The van der Waals surface area contributed by atoms with Crippen molar-refractivity contribution in [3.8, 4) is 0 Å². The number of benzene rings is 1. The highest BCUT2D eigenvalue weighted by Gasteiger charge is 2.23. The molecule has 0 spiro atoms. The van der Waals surface area contributed by atoms with Crippen LogP contribution in [0.3, 0.4) is 0 Å². The zero-order chi connectivity index (χ0) is 12.3. The first-order chi connectivity index (χ1) is 8.20. The highest BCUT2D eigenvalue weighted by Crippen LogP contribution is 2.12. The third-order valence-corrected chi connectivity index (χ3v) is 3.28. The number of nitrogens with zero attached hydrogens (tertiary/aromatic N) is 1. The fraction of sp³-hybridized carbons (Fsp3) is 0.462. The summed E-state index contributed by atoms with van der Waals surface area (Å²) < 4.78 is 0. The van der Waals surface area contributed by atoms with E-state index in [0.717, 1.165) is 31.7 Å². The summed E-state index contributed by atoms with van der Waals surface area (Å²) in [6.07, 6.45) is 0. The van der Waals surface area contributed by atoms with Gasteiger partial charge in [-0.25, -0.2) is 0 Å². The topological polar surface area (TPSA) is 58.4 Å². The van der Waals surface area contributed by atoms with Gasteiger partial charge in [0.05, 0.1) is 0 Å². The van der Waals surface area contributed by atoms with E-state index in [2.05, 4.69) is 17.1 Å². The molecule has 0 radical (unpaired) electrons. The Balaban J connectivity index is 2.05.